The lowest BCUT2D eigenvalue weighted by atomic mass is 10.1. The van der Waals surface area contributed by atoms with E-state index in [0.29, 0.717) is 6.54 Å². The van der Waals surface area contributed by atoms with Crippen molar-refractivity contribution in [1.82, 2.24) is 5.32 Å². The molecule has 3 heteroatoms. The van der Waals surface area contributed by atoms with Crippen molar-refractivity contribution >= 4 is 11.6 Å². The zero-order valence-corrected chi connectivity index (χ0v) is 14.0. The molecule has 118 valence electrons. The van der Waals surface area contributed by atoms with E-state index in [2.05, 4.69) is 36.6 Å². The molecule has 0 aromatic heterocycles. The van der Waals surface area contributed by atoms with Gasteiger partial charge in [-0.2, -0.15) is 0 Å². The Morgan fingerprint density at radius 1 is 1.00 bits per heavy atom. The number of rotatable bonds is 9. The van der Waals surface area contributed by atoms with Crippen LogP contribution in [-0.2, 0) is 4.79 Å². The van der Waals surface area contributed by atoms with Gasteiger partial charge in [0.2, 0.25) is 5.91 Å². The van der Waals surface area contributed by atoms with Gasteiger partial charge in [0.05, 0.1) is 6.54 Å². The van der Waals surface area contributed by atoms with Crippen LogP contribution in [-0.4, -0.2) is 19.0 Å². The average molecular weight is 290 g/mol. The maximum absolute atomic E-state index is 12.0. The van der Waals surface area contributed by atoms with Gasteiger partial charge in [0, 0.05) is 5.69 Å². The van der Waals surface area contributed by atoms with E-state index < -0.39 is 0 Å². The molecule has 1 aromatic carbocycles. The number of nitrogens with one attached hydrogen (secondary N) is 2. The summed E-state index contributed by atoms with van der Waals surface area (Å²) >= 11 is 0. The SMILES string of the molecule is CCCCCCCNCC(=O)Nc1c(C)cc(C)cc1C. The highest BCUT2D eigenvalue weighted by Crippen LogP contribution is 2.21. The molecule has 2 N–H and O–H groups in total. The zero-order chi connectivity index (χ0) is 15.7. The summed E-state index contributed by atoms with van der Waals surface area (Å²) in [6.45, 7) is 9.68. The van der Waals surface area contributed by atoms with Gasteiger partial charge in [-0.15, -0.1) is 0 Å². The highest BCUT2D eigenvalue weighted by atomic mass is 16.1. The molecule has 0 spiro atoms. The molecule has 1 amide bonds. The number of unbranched alkanes of at least 4 members (excludes halogenated alkanes) is 4. The predicted molar refractivity (Wildman–Crippen MR) is 90.9 cm³/mol. The van der Waals surface area contributed by atoms with E-state index in [1.54, 1.807) is 0 Å². The summed E-state index contributed by atoms with van der Waals surface area (Å²) in [6.07, 6.45) is 6.28. The second-order valence-electron chi connectivity index (χ2n) is 5.91. The van der Waals surface area contributed by atoms with Gasteiger partial charge in [-0.3, -0.25) is 4.79 Å². The minimum atomic E-state index is 0.0404. The molecule has 0 atom stereocenters. The van der Waals surface area contributed by atoms with Crippen molar-refractivity contribution in [3.8, 4) is 0 Å². The molecule has 1 rings (SSSR count). The van der Waals surface area contributed by atoms with Crippen molar-refractivity contribution in [3.05, 3.63) is 28.8 Å². The first kappa shape index (κ1) is 17.7. The van der Waals surface area contributed by atoms with Crippen LogP contribution < -0.4 is 10.6 Å². The van der Waals surface area contributed by atoms with Crippen molar-refractivity contribution in [2.45, 2.75) is 59.8 Å². The smallest absolute Gasteiger partial charge is 0.238 e. The molecule has 0 aliphatic heterocycles. The molecule has 0 saturated carbocycles. The third-order valence-corrected chi connectivity index (χ3v) is 3.68. The van der Waals surface area contributed by atoms with E-state index >= 15 is 0 Å². The number of carbonyl (C=O) groups is 1. The molecular formula is C18H30N2O. The molecule has 0 aliphatic rings. The minimum absolute atomic E-state index is 0.0404. The van der Waals surface area contributed by atoms with E-state index in [1.165, 1.54) is 31.2 Å². The zero-order valence-electron chi connectivity index (χ0n) is 14.0. The molecule has 21 heavy (non-hydrogen) atoms. The first-order valence-electron chi connectivity index (χ1n) is 8.13. The van der Waals surface area contributed by atoms with Crippen LogP contribution in [0, 0.1) is 20.8 Å². The van der Waals surface area contributed by atoms with Crippen LogP contribution in [0.15, 0.2) is 12.1 Å². The number of anilines is 1. The summed E-state index contributed by atoms with van der Waals surface area (Å²) in [5.41, 5.74) is 4.43. The largest absolute Gasteiger partial charge is 0.324 e. The van der Waals surface area contributed by atoms with Gasteiger partial charge in [0.1, 0.15) is 0 Å². The Bertz CT molecular complexity index is 432. The van der Waals surface area contributed by atoms with Gasteiger partial charge in [-0.25, -0.2) is 0 Å². The lowest BCUT2D eigenvalue weighted by Gasteiger charge is -2.13. The van der Waals surface area contributed by atoms with Gasteiger partial charge in [0.15, 0.2) is 0 Å². The number of hydrogen-bond acceptors (Lipinski definition) is 2. The fourth-order valence-corrected chi connectivity index (χ4v) is 2.62. The van der Waals surface area contributed by atoms with Gasteiger partial charge >= 0.3 is 0 Å². The van der Waals surface area contributed by atoms with E-state index in [1.807, 2.05) is 13.8 Å². The second-order valence-corrected chi connectivity index (χ2v) is 5.91. The van der Waals surface area contributed by atoms with E-state index in [9.17, 15) is 4.79 Å². The van der Waals surface area contributed by atoms with Crippen molar-refractivity contribution in [1.29, 1.82) is 0 Å². The Morgan fingerprint density at radius 2 is 1.62 bits per heavy atom. The van der Waals surface area contributed by atoms with Gasteiger partial charge < -0.3 is 10.6 Å². The Hall–Kier alpha value is -1.35. The number of aryl methyl sites for hydroxylation is 3. The van der Waals surface area contributed by atoms with Gasteiger partial charge in [-0.05, 0) is 44.9 Å². The number of amides is 1. The van der Waals surface area contributed by atoms with Crippen molar-refractivity contribution in [2.24, 2.45) is 0 Å². The molecular weight excluding hydrogens is 260 g/mol. The number of benzene rings is 1. The standard InChI is InChI=1S/C18H30N2O/c1-5-6-7-8-9-10-19-13-17(21)20-18-15(3)11-14(2)12-16(18)4/h11-12,19H,5-10,13H2,1-4H3,(H,20,21). The molecule has 0 saturated heterocycles. The second kappa shape index (κ2) is 9.56. The Labute approximate surface area is 129 Å². The fourth-order valence-electron chi connectivity index (χ4n) is 2.62. The van der Waals surface area contributed by atoms with E-state index in [0.717, 1.165) is 29.8 Å². The highest BCUT2D eigenvalue weighted by Gasteiger charge is 2.07. The molecule has 0 radical (unpaired) electrons. The lowest BCUT2D eigenvalue weighted by Crippen LogP contribution is -2.29. The van der Waals surface area contributed by atoms with Crippen molar-refractivity contribution in [3.63, 3.8) is 0 Å². The first-order chi connectivity index (χ1) is 10.0. The summed E-state index contributed by atoms with van der Waals surface area (Å²) in [7, 11) is 0. The first-order valence-corrected chi connectivity index (χ1v) is 8.13. The third kappa shape index (κ3) is 6.76. The fraction of sp³-hybridized carbons (Fsp3) is 0.611. The molecule has 0 fully saturated rings. The quantitative estimate of drug-likeness (QED) is 0.672. The van der Waals surface area contributed by atoms with Crippen LogP contribution in [0.4, 0.5) is 5.69 Å². The van der Waals surface area contributed by atoms with Crippen LogP contribution in [0.5, 0.6) is 0 Å². The Balaban J connectivity index is 2.28. The topological polar surface area (TPSA) is 41.1 Å². The number of carbonyl (C=O) groups excluding carboxylic acids is 1. The maximum atomic E-state index is 12.0. The Morgan fingerprint density at radius 3 is 2.24 bits per heavy atom. The minimum Gasteiger partial charge on any atom is -0.324 e. The maximum Gasteiger partial charge on any atom is 0.238 e. The highest BCUT2D eigenvalue weighted by molar-refractivity contribution is 5.93. The van der Waals surface area contributed by atoms with Crippen LogP contribution in [0.2, 0.25) is 0 Å². The molecule has 0 bridgehead atoms. The van der Waals surface area contributed by atoms with Crippen molar-refractivity contribution < 1.29 is 4.79 Å². The summed E-state index contributed by atoms with van der Waals surface area (Å²) in [5.74, 6) is 0.0404. The molecule has 0 heterocycles. The third-order valence-electron chi connectivity index (χ3n) is 3.68. The Kier molecular flexibility index (Phi) is 8.06. The van der Waals surface area contributed by atoms with E-state index in [4.69, 9.17) is 0 Å². The molecule has 0 unspecified atom stereocenters. The average Bonchev–Trinajstić information content (AvgIpc) is 2.42. The van der Waals surface area contributed by atoms with Gasteiger partial charge in [0.25, 0.3) is 0 Å². The molecule has 3 nitrogen and oxygen atoms in total. The summed E-state index contributed by atoms with van der Waals surface area (Å²) in [5, 5.41) is 6.24. The summed E-state index contributed by atoms with van der Waals surface area (Å²) in [4.78, 5) is 12.0. The van der Waals surface area contributed by atoms with Crippen LogP contribution in [0.25, 0.3) is 0 Å². The predicted octanol–water partition coefficient (Wildman–Crippen LogP) is 4.11. The van der Waals surface area contributed by atoms with Crippen molar-refractivity contribution in [2.75, 3.05) is 18.4 Å². The summed E-state index contributed by atoms with van der Waals surface area (Å²) < 4.78 is 0. The normalized spacial score (nSPS) is 10.7. The lowest BCUT2D eigenvalue weighted by molar-refractivity contribution is -0.115. The van der Waals surface area contributed by atoms with Gasteiger partial charge in [-0.1, -0.05) is 50.3 Å². The van der Waals surface area contributed by atoms with E-state index in [-0.39, 0.29) is 5.91 Å². The number of hydrogen-bond donors (Lipinski definition) is 2. The molecule has 0 aliphatic carbocycles. The van der Waals surface area contributed by atoms with Crippen LogP contribution in [0.3, 0.4) is 0 Å². The van der Waals surface area contributed by atoms with Crippen LogP contribution >= 0.6 is 0 Å². The van der Waals surface area contributed by atoms with Crippen LogP contribution in [0.1, 0.15) is 55.7 Å². The summed E-state index contributed by atoms with van der Waals surface area (Å²) in [6, 6.07) is 4.20. The molecule has 1 aromatic rings. The monoisotopic (exact) mass is 290 g/mol.